The third-order valence-electron chi connectivity index (χ3n) is 7.18. The van der Waals surface area contributed by atoms with E-state index in [1.165, 1.54) is 12.8 Å². The van der Waals surface area contributed by atoms with Crippen LogP contribution in [0.15, 0.2) is 0 Å². The highest BCUT2D eigenvalue weighted by Crippen LogP contribution is 2.65. The Balaban J connectivity index is 1.64. The Bertz CT molecular complexity index is 482. The highest BCUT2D eigenvalue weighted by Gasteiger charge is 2.81. The molecule has 0 bridgehead atoms. The second-order valence-electron chi connectivity index (χ2n) is 8.01. The molecular formula is C18H28O6. The van der Waals surface area contributed by atoms with Crippen LogP contribution in [0.1, 0.15) is 51.4 Å². The van der Waals surface area contributed by atoms with Crippen LogP contribution in [0.2, 0.25) is 0 Å². The highest BCUT2D eigenvalue weighted by molar-refractivity contribution is 5.15. The first-order valence-corrected chi connectivity index (χ1v) is 9.44. The van der Waals surface area contributed by atoms with E-state index in [9.17, 15) is 0 Å². The van der Waals surface area contributed by atoms with Crippen molar-refractivity contribution in [3.8, 4) is 0 Å². The van der Waals surface area contributed by atoms with Crippen molar-refractivity contribution in [3.05, 3.63) is 0 Å². The quantitative estimate of drug-likeness (QED) is 0.770. The van der Waals surface area contributed by atoms with Gasteiger partial charge in [0.05, 0.1) is 13.2 Å². The minimum Gasteiger partial charge on any atom is -0.328 e. The summed E-state index contributed by atoms with van der Waals surface area (Å²) in [4.78, 5) is 0. The minimum atomic E-state index is -1.14. The van der Waals surface area contributed by atoms with E-state index in [0.717, 1.165) is 38.5 Å². The van der Waals surface area contributed by atoms with Gasteiger partial charge in [-0.2, -0.15) is 0 Å². The van der Waals surface area contributed by atoms with E-state index < -0.39 is 23.1 Å². The SMILES string of the molecule is CO[C@@]12OCC3CCCCC31O[C@@]1(OC)OCC3CCCCC31O2. The number of hydrogen-bond acceptors (Lipinski definition) is 6. The summed E-state index contributed by atoms with van der Waals surface area (Å²) in [5, 5.41) is 0. The molecule has 6 nitrogen and oxygen atoms in total. The normalized spacial score (nSPS) is 56.2. The summed E-state index contributed by atoms with van der Waals surface area (Å²) in [7, 11) is 3.35. The molecule has 5 rings (SSSR count). The van der Waals surface area contributed by atoms with Gasteiger partial charge < -0.3 is 28.4 Å². The Morgan fingerprint density at radius 1 is 0.708 bits per heavy atom. The van der Waals surface area contributed by atoms with Gasteiger partial charge in [0.25, 0.3) is 0 Å². The van der Waals surface area contributed by atoms with Crippen molar-refractivity contribution in [2.45, 2.75) is 74.5 Å². The molecule has 4 unspecified atom stereocenters. The Kier molecular flexibility index (Phi) is 3.42. The second kappa shape index (κ2) is 5.15. The third kappa shape index (κ3) is 1.63. The van der Waals surface area contributed by atoms with Crippen molar-refractivity contribution in [2.24, 2.45) is 11.8 Å². The lowest BCUT2D eigenvalue weighted by Crippen LogP contribution is -2.77. The van der Waals surface area contributed by atoms with Gasteiger partial charge in [0, 0.05) is 26.1 Å². The van der Waals surface area contributed by atoms with Crippen LogP contribution >= 0.6 is 0 Å². The van der Waals surface area contributed by atoms with E-state index in [1.54, 1.807) is 14.2 Å². The van der Waals surface area contributed by atoms with Crippen LogP contribution in [0.4, 0.5) is 0 Å². The van der Waals surface area contributed by atoms with E-state index in [4.69, 9.17) is 28.4 Å². The summed E-state index contributed by atoms with van der Waals surface area (Å²) in [5.74, 6) is -1.77. The molecule has 3 heterocycles. The Morgan fingerprint density at radius 3 is 1.58 bits per heavy atom. The zero-order chi connectivity index (χ0) is 16.5. The zero-order valence-corrected chi connectivity index (χ0v) is 14.7. The van der Waals surface area contributed by atoms with Crippen LogP contribution in [-0.4, -0.2) is 50.6 Å². The molecule has 0 amide bonds. The smallest absolute Gasteiger partial charge is 0.315 e. The maximum Gasteiger partial charge on any atom is 0.315 e. The summed E-state index contributed by atoms with van der Waals surface area (Å²) in [5.41, 5.74) is -1.29. The molecule has 2 saturated carbocycles. The molecule has 6 heteroatoms. The first kappa shape index (κ1) is 16.0. The van der Waals surface area contributed by atoms with Crippen molar-refractivity contribution in [1.82, 2.24) is 0 Å². The average molecular weight is 340 g/mol. The summed E-state index contributed by atoms with van der Waals surface area (Å²) in [6.07, 6.45) is 8.34. The fourth-order valence-electron chi connectivity index (χ4n) is 5.99. The van der Waals surface area contributed by atoms with Crippen molar-refractivity contribution in [1.29, 1.82) is 0 Å². The molecule has 24 heavy (non-hydrogen) atoms. The molecule has 0 N–H and O–H groups in total. The van der Waals surface area contributed by atoms with Gasteiger partial charge in [-0.05, 0) is 25.7 Å². The van der Waals surface area contributed by atoms with Gasteiger partial charge >= 0.3 is 11.9 Å². The number of methoxy groups -OCH3 is 2. The lowest BCUT2D eigenvalue weighted by Gasteiger charge is -2.61. The molecule has 6 atom stereocenters. The van der Waals surface area contributed by atoms with E-state index in [2.05, 4.69) is 0 Å². The first-order chi connectivity index (χ1) is 11.7. The van der Waals surface area contributed by atoms with Crippen molar-refractivity contribution in [3.63, 3.8) is 0 Å². The predicted octanol–water partition coefficient (Wildman–Crippen LogP) is 2.55. The minimum absolute atomic E-state index is 0.252. The molecule has 3 aliphatic heterocycles. The Labute approximate surface area is 143 Å². The summed E-state index contributed by atoms with van der Waals surface area (Å²) in [6.45, 7) is 1.21. The van der Waals surface area contributed by atoms with E-state index in [1.807, 2.05) is 0 Å². The molecular weight excluding hydrogens is 312 g/mol. The van der Waals surface area contributed by atoms with Gasteiger partial charge in [-0.25, -0.2) is 0 Å². The lowest BCUT2D eigenvalue weighted by molar-refractivity contribution is -0.571. The van der Waals surface area contributed by atoms with Gasteiger partial charge in [0.15, 0.2) is 11.2 Å². The highest BCUT2D eigenvalue weighted by atomic mass is 17.0. The van der Waals surface area contributed by atoms with Crippen LogP contribution in [0, 0.1) is 11.8 Å². The molecule has 2 aliphatic carbocycles. The number of ether oxygens (including phenoxy) is 6. The second-order valence-corrected chi connectivity index (χ2v) is 8.01. The molecule has 136 valence electrons. The maximum atomic E-state index is 6.80. The van der Waals surface area contributed by atoms with Crippen LogP contribution < -0.4 is 0 Å². The number of rotatable bonds is 2. The lowest BCUT2D eigenvalue weighted by atomic mass is 9.70. The summed E-state index contributed by atoms with van der Waals surface area (Å²) >= 11 is 0. The van der Waals surface area contributed by atoms with Crippen LogP contribution in [0.25, 0.3) is 0 Å². The van der Waals surface area contributed by atoms with E-state index in [0.29, 0.717) is 13.2 Å². The van der Waals surface area contributed by atoms with Gasteiger partial charge in [0.1, 0.15) is 0 Å². The fraction of sp³-hybridized carbons (Fsp3) is 1.00. The molecule has 3 saturated heterocycles. The largest absolute Gasteiger partial charge is 0.328 e. The van der Waals surface area contributed by atoms with Gasteiger partial charge in [-0.1, -0.05) is 25.7 Å². The molecule has 0 aromatic heterocycles. The molecule has 0 aromatic carbocycles. The molecule has 0 aromatic rings. The molecule has 5 fully saturated rings. The van der Waals surface area contributed by atoms with Gasteiger partial charge in [-0.15, -0.1) is 0 Å². The molecule has 0 radical (unpaired) electrons. The van der Waals surface area contributed by atoms with E-state index >= 15 is 0 Å². The zero-order valence-electron chi connectivity index (χ0n) is 14.7. The Hall–Kier alpha value is -0.240. The monoisotopic (exact) mass is 340 g/mol. The van der Waals surface area contributed by atoms with Crippen molar-refractivity contribution >= 4 is 0 Å². The average Bonchev–Trinajstić information content (AvgIpc) is 3.12. The topological polar surface area (TPSA) is 55.4 Å². The first-order valence-electron chi connectivity index (χ1n) is 9.44. The van der Waals surface area contributed by atoms with Crippen LogP contribution in [-0.2, 0) is 28.4 Å². The van der Waals surface area contributed by atoms with Gasteiger partial charge in [0.2, 0.25) is 0 Å². The molecule has 2 spiro atoms. The third-order valence-corrected chi connectivity index (χ3v) is 7.18. The van der Waals surface area contributed by atoms with Crippen LogP contribution in [0.5, 0.6) is 0 Å². The van der Waals surface area contributed by atoms with Gasteiger partial charge in [-0.3, -0.25) is 0 Å². The van der Waals surface area contributed by atoms with Crippen LogP contribution in [0.3, 0.4) is 0 Å². The molecule has 5 aliphatic rings. The summed E-state index contributed by atoms with van der Waals surface area (Å²) < 4.78 is 37.8. The summed E-state index contributed by atoms with van der Waals surface area (Å²) in [6, 6.07) is 0. The Morgan fingerprint density at radius 2 is 1.17 bits per heavy atom. The van der Waals surface area contributed by atoms with Crippen molar-refractivity contribution in [2.75, 3.05) is 27.4 Å². The maximum absolute atomic E-state index is 6.80. The van der Waals surface area contributed by atoms with Crippen molar-refractivity contribution < 1.29 is 28.4 Å². The fourth-order valence-corrected chi connectivity index (χ4v) is 5.99. The predicted molar refractivity (Wildman–Crippen MR) is 82.9 cm³/mol. The van der Waals surface area contributed by atoms with E-state index in [-0.39, 0.29) is 11.8 Å². The number of hydrogen-bond donors (Lipinski definition) is 0. The standard InChI is InChI=1S/C18H28O6/c1-19-17-15(9-5-3-7-13(15)11-21-17)24-18(20-2)16(23-17)10-6-4-8-14(16)12-22-18/h13-14H,3-12H2,1-2H3/t13?,14?,15?,16?,17-,18+.